The molecular weight excluding hydrogens is 388 g/mol. The molecule has 0 saturated carbocycles. The molecule has 0 saturated heterocycles. The van der Waals surface area contributed by atoms with Gasteiger partial charge in [0.1, 0.15) is 5.82 Å². The Balaban J connectivity index is 1.94. The van der Waals surface area contributed by atoms with E-state index in [0.717, 1.165) is 12.1 Å². The maximum Gasteiger partial charge on any atom is 0.416 e. The number of carbonyl (C=O) groups excluding carboxylic acids is 1. The van der Waals surface area contributed by atoms with Crippen LogP contribution in [0.15, 0.2) is 53.5 Å². The van der Waals surface area contributed by atoms with Crippen molar-refractivity contribution >= 4 is 11.9 Å². The second-order valence-electron chi connectivity index (χ2n) is 6.04. The SMILES string of the molecule is CCNC(=NCc1ccc(F)cc1C(F)(F)F)NCCNC(=O)c1ccccc1. The first-order valence-corrected chi connectivity index (χ1v) is 9.02. The number of rotatable bonds is 7. The zero-order chi connectivity index (χ0) is 21.3. The molecule has 9 heteroatoms. The molecule has 0 fully saturated rings. The van der Waals surface area contributed by atoms with Crippen molar-refractivity contribution in [2.24, 2.45) is 4.99 Å². The van der Waals surface area contributed by atoms with Crippen molar-refractivity contribution in [1.29, 1.82) is 0 Å². The lowest BCUT2D eigenvalue weighted by atomic mass is 10.1. The Morgan fingerprint density at radius 3 is 2.34 bits per heavy atom. The molecule has 0 aliphatic rings. The van der Waals surface area contributed by atoms with Gasteiger partial charge in [0.2, 0.25) is 0 Å². The van der Waals surface area contributed by atoms with E-state index >= 15 is 0 Å². The van der Waals surface area contributed by atoms with Crippen molar-refractivity contribution in [3.63, 3.8) is 0 Å². The van der Waals surface area contributed by atoms with Gasteiger partial charge >= 0.3 is 6.18 Å². The van der Waals surface area contributed by atoms with Crippen LogP contribution in [0, 0.1) is 5.82 Å². The standard InChI is InChI=1S/C20H22F4N4O/c1-2-25-19(27-11-10-26-18(29)14-6-4-3-5-7-14)28-13-15-8-9-16(21)12-17(15)20(22,23)24/h3-9,12H,2,10-11,13H2,1H3,(H,26,29)(H2,25,27,28). The fourth-order valence-corrected chi connectivity index (χ4v) is 2.50. The predicted molar refractivity (Wildman–Crippen MR) is 103 cm³/mol. The van der Waals surface area contributed by atoms with Gasteiger partial charge in [-0.15, -0.1) is 0 Å². The summed E-state index contributed by atoms with van der Waals surface area (Å²) < 4.78 is 52.4. The number of aliphatic imine (C=N–C) groups is 1. The highest BCUT2D eigenvalue weighted by atomic mass is 19.4. The molecule has 1 amide bonds. The lowest BCUT2D eigenvalue weighted by Gasteiger charge is -2.14. The van der Waals surface area contributed by atoms with E-state index in [0.29, 0.717) is 37.2 Å². The summed E-state index contributed by atoms with van der Waals surface area (Å²) in [6.45, 7) is 2.65. The van der Waals surface area contributed by atoms with Crippen LogP contribution in [0.3, 0.4) is 0 Å². The van der Waals surface area contributed by atoms with E-state index in [4.69, 9.17) is 0 Å². The minimum Gasteiger partial charge on any atom is -0.357 e. The van der Waals surface area contributed by atoms with E-state index < -0.39 is 17.6 Å². The van der Waals surface area contributed by atoms with Crippen LogP contribution in [0.1, 0.15) is 28.4 Å². The van der Waals surface area contributed by atoms with Gasteiger partial charge in [-0.05, 0) is 36.8 Å². The Hall–Kier alpha value is -3.10. The third-order valence-corrected chi connectivity index (χ3v) is 3.87. The van der Waals surface area contributed by atoms with Crippen LogP contribution >= 0.6 is 0 Å². The maximum absolute atomic E-state index is 13.2. The smallest absolute Gasteiger partial charge is 0.357 e. The first-order chi connectivity index (χ1) is 13.8. The Morgan fingerprint density at radius 2 is 1.69 bits per heavy atom. The molecule has 3 N–H and O–H groups in total. The third-order valence-electron chi connectivity index (χ3n) is 3.87. The Morgan fingerprint density at radius 1 is 1.00 bits per heavy atom. The van der Waals surface area contributed by atoms with Gasteiger partial charge in [-0.1, -0.05) is 24.3 Å². The van der Waals surface area contributed by atoms with Gasteiger partial charge < -0.3 is 16.0 Å². The Kier molecular flexibility index (Phi) is 7.99. The molecule has 0 atom stereocenters. The van der Waals surface area contributed by atoms with Crippen molar-refractivity contribution in [2.75, 3.05) is 19.6 Å². The zero-order valence-electron chi connectivity index (χ0n) is 15.8. The quantitative estimate of drug-likeness (QED) is 0.284. The first kappa shape index (κ1) is 22.2. The normalized spacial score (nSPS) is 11.8. The summed E-state index contributed by atoms with van der Waals surface area (Å²) in [5.74, 6) is -0.890. The number of carbonyl (C=O) groups is 1. The summed E-state index contributed by atoms with van der Waals surface area (Å²) in [7, 11) is 0. The van der Waals surface area contributed by atoms with Crippen LogP contribution in [-0.4, -0.2) is 31.5 Å². The van der Waals surface area contributed by atoms with Crippen LogP contribution in [-0.2, 0) is 12.7 Å². The molecule has 0 radical (unpaired) electrons. The number of hydrogen-bond acceptors (Lipinski definition) is 2. The summed E-state index contributed by atoms with van der Waals surface area (Å²) in [4.78, 5) is 16.1. The molecule has 0 aliphatic carbocycles. The van der Waals surface area contributed by atoms with Crippen molar-refractivity contribution in [3.8, 4) is 0 Å². The van der Waals surface area contributed by atoms with Crippen molar-refractivity contribution in [2.45, 2.75) is 19.6 Å². The second-order valence-corrected chi connectivity index (χ2v) is 6.04. The first-order valence-electron chi connectivity index (χ1n) is 9.02. The number of hydrogen-bond donors (Lipinski definition) is 3. The minimum atomic E-state index is -4.67. The molecule has 0 spiro atoms. The van der Waals surface area contributed by atoms with E-state index in [9.17, 15) is 22.4 Å². The molecule has 156 valence electrons. The van der Waals surface area contributed by atoms with Crippen LogP contribution in [0.25, 0.3) is 0 Å². The van der Waals surface area contributed by atoms with Crippen LogP contribution in [0.5, 0.6) is 0 Å². The van der Waals surface area contributed by atoms with Crippen molar-refractivity contribution in [3.05, 3.63) is 71.0 Å². The second kappa shape index (κ2) is 10.4. The maximum atomic E-state index is 13.2. The highest BCUT2D eigenvalue weighted by Crippen LogP contribution is 2.32. The van der Waals surface area contributed by atoms with Gasteiger partial charge in [-0.2, -0.15) is 13.2 Å². The lowest BCUT2D eigenvalue weighted by molar-refractivity contribution is -0.138. The summed E-state index contributed by atoms with van der Waals surface area (Å²) in [6, 6.07) is 11.2. The Bertz CT molecular complexity index is 838. The molecule has 2 aromatic carbocycles. The highest BCUT2D eigenvalue weighted by molar-refractivity contribution is 5.94. The predicted octanol–water partition coefficient (Wildman–Crippen LogP) is 3.33. The van der Waals surface area contributed by atoms with E-state index in [1.807, 2.05) is 13.0 Å². The third kappa shape index (κ3) is 7.10. The summed E-state index contributed by atoms with van der Waals surface area (Å²) in [5, 5.41) is 8.58. The number of alkyl halides is 3. The highest BCUT2D eigenvalue weighted by Gasteiger charge is 2.33. The van der Waals surface area contributed by atoms with Crippen LogP contribution in [0.4, 0.5) is 17.6 Å². The number of nitrogens with one attached hydrogen (secondary N) is 3. The fourth-order valence-electron chi connectivity index (χ4n) is 2.50. The average Bonchev–Trinajstić information content (AvgIpc) is 2.69. The van der Waals surface area contributed by atoms with Gasteiger partial charge in [0, 0.05) is 25.2 Å². The van der Waals surface area contributed by atoms with Gasteiger partial charge in [0.25, 0.3) is 5.91 Å². The average molecular weight is 410 g/mol. The lowest BCUT2D eigenvalue weighted by Crippen LogP contribution is -2.41. The summed E-state index contributed by atoms with van der Waals surface area (Å²) in [5.41, 5.74) is -0.648. The molecule has 0 heterocycles. The topological polar surface area (TPSA) is 65.5 Å². The molecule has 2 aromatic rings. The zero-order valence-corrected chi connectivity index (χ0v) is 15.8. The Labute approximate surface area is 166 Å². The molecule has 0 aliphatic heterocycles. The molecule has 0 bridgehead atoms. The van der Waals surface area contributed by atoms with Gasteiger partial charge in [0.15, 0.2) is 5.96 Å². The number of guanidine groups is 1. The van der Waals surface area contributed by atoms with E-state index in [1.165, 1.54) is 0 Å². The number of halogens is 4. The summed E-state index contributed by atoms with van der Waals surface area (Å²) >= 11 is 0. The molecule has 0 unspecified atom stereocenters. The fraction of sp³-hybridized carbons (Fsp3) is 0.300. The largest absolute Gasteiger partial charge is 0.416 e. The van der Waals surface area contributed by atoms with E-state index in [2.05, 4.69) is 20.9 Å². The molecule has 5 nitrogen and oxygen atoms in total. The van der Waals surface area contributed by atoms with Crippen molar-refractivity contribution in [1.82, 2.24) is 16.0 Å². The van der Waals surface area contributed by atoms with E-state index in [-0.39, 0.29) is 18.0 Å². The van der Waals surface area contributed by atoms with Crippen LogP contribution < -0.4 is 16.0 Å². The monoisotopic (exact) mass is 410 g/mol. The van der Waals surface area contributed by atoms with Gasteiger partial charge in [-0.3, -0.25) is 4.79 Å². The van der Waals surface area contributed by atoms with E-state index in [1.54, 1.807) is 24.3 Å². The van der Waals surface area contributed by atoms with Crippen LogP contribution in [0.2, 0.25) is 0 Å². The molecule has 2 rings (SSSR count). The molecule has 0 aromatic heterocycles. The van der Waals surface area contributed by atoms with Gasteiger partial charge in [-0.25, -0.2) is 9.38 Å². The number of benzene rings is 2. The van der Waals surface area contributed by atoms with Gasteiger partial charge in [0.05, 0.1) is 12.1 Å². The molecule has 29 heavy (non-hydrogen) atoms. The number of amides is 1. The number of nitrogens with zero attached hydrogens (tertiary/aromatic N) is 1. The minimum absolute atomic E-state index is 0.131. The molecular formula is C20H22F4N4O. The van der Waals surface area contributed by atoms with Crippen molar-refractivity contribution < 1.29 is 22.4 Å². The summed E-state index contributed by atoms with van der Waals surface area (Å²) in [6.07, 6.45) is -4.67.